The van der Waals surface area contributed by atoms with Crippen molar-refractivity contribution in [1.29, 1.82) is 0 Å². The van der Waals surface area contributed by atoms with Gasteiger partial charge in [-0.1, -0.05) is 0 Å². The van der Waals surface area contributed by atoms with Gasteiger partial charge in [0.15, 0.2) is 0 Å². The van der Waals surface area contributed by atoms with Gasteiger partial charge in [0.1, 0.15) is 24.3 Å². The molecule has 264 valence electrons. The number of piperazine rings is 1. The van der Waals surface area contributed by atoms with Gasteiger partial charge in [-0.3, -0.25) is 0 Å². The summed E-state index contributed by atoms with van der Waals surface area (Å²) < 4.78 is 100. The van der Waals surface area contributed by atoms with Crippen molar-refractivity contribution >= 4 is 29.5 Å². The lowest BCUT2D eigenvalue weighted by Crippen LogP contribution is -2.45. The topological polar surface area (TPSA) is 182 Å². The Morgan fingerprint density at radius 2 is 1.13 bits per heavy atom. The van der Waals surface area contributed by atoms with Crippen molar-refractivity contribution in [3.63, 3.8) is 0 Å². The highest BCUT2D eigenvalue weighted by atomic mass is 19.4. The second-order valence-corrected chi connectivity index (χ2v) is 9.23. The lowest BCUT2D eigenvalue weighted by Gasteiger charge is -2.34. The molecule has 3 N–H and O–H groups in total. The van der Waals surface area contributed by atoms with Gasteiger partial charge in [-0.25, -0.2) is 34.3 Å². The van der Waals surface area contributed by atoms with Gasteiger partial charge in [-0.2, -0.15) is 39.5 Å². The summed E-state index contributed by atoms with van der Waals surface area (Å²) in [7, 11) is 3.80. The third-order valence-electron chi connectivity index (χ3n) is 5.95. The fourth-order valence-corrected chi connectivity index (χ4v) is 3.64. The number of rotatable bonds is 3. The number of alkyl halides is 9. The van der Waals surface area contributed by atoms with E-state index in [0.29, 0.717) is 5.88 Å². The standard InChI is InChI=1S/C18H25N7O.3C2HF3O2/c1-23-7-9-25(10-8-23)18-14-3-5-24(6-4-15(14)19-12-22-18)16-11-17(26-2)21-13-20-16;3*3-2(4,5)1(6)7/h11-13H,3-10H2,1-2H3;3*(H,6,7). The number of methoxy groups -OCH3 is 1. The molecule has 0 bridgehead atoms. The molecule has 0 aromatic carbocycles. The fraction of sp³-hybridized carbons (Fsp3) is 0.542. The molecule has 47 heavy (non-hydrogen) atoms. The van der Waals surface area contributed by atoms with Crippen molar-refractivity contribution in [2.24, 2.45) is 0 Å². The highest BCUT2D eigenvalue weighted by molar-refractivity contribution is 5.73. The minimum atomic E-state index is -5.08. The minimum absolute atomic E-state index is 0.592. The molecule has 4 heterocycles. The van der Waals surface area contributed by atoms with Gasteiger partial charge in [-0.15, -0.1) is 0 Å². The van der Waals surface area contributed by atoms with E-state index >= 15 is 0 Å². The number of hydrogen-bond donors (Lipinski definition) is 3. The molecular formula is C24H28F9N7O7. The van der Waals surface area contributed by atoms with Crippen LogP contribution in [0.25, 0.3) is 0 Å². The lowest BCUT2D eigenvalue weighted by atomic mass is 10.1. The van der Waals surface area contributed by atoms with Gasteiger partial charge >= 0.3 is 36.4 Å². The molecule has 2 aromatic rings. The predicted octanol–water partition coefficient (Wildman–Crippen LogP) is 2.53. The van der Waals surface area contributed by atoms with Gasteiger partial charge in [0, 0.05) is 57.3 Å². The molecule has 0 radical (unpaired) electrons. The van der Waals surface area contributed by atoms with Crippen molar-refractivity contribution < 1.29 is 74.0 Å². The van der Waals surface area contributed by atoms with E-state index in [9.17, 15) is 39.5 Å². The van der Waals surface area contributed by atoms with E-state index in [2.05, 4.69) is 41.7 Å². The number of hydrogen-bond acceptors (Lipinski definition) is 11. The van der Waals surface area contributed by atoms with Crippen molar-refractivity contribution in [1.82, 2.24) is 24.8 Å². The summed E-state index contributed by atoms with van der Waals surface area (Å²) in [5, 5.41) is 21.4. The molecular weight excluding hydrogens is 669 g/mol. The predicted molar refractivity (Wildman–Crippen MR) is 141 cm³/mol. The number of likely N-dealkylation sites (N-methyl/N-ethyl adjacent to an activating group) is 1. The Hall–Kier alpha value is -4.70. The third-order valence-corrected chi connectivity index (χ3v) is 5.95. The van der Waals surface area contributed by atoms with Crippen LogP contribution >= 0.6 is 0 Å². The SMILES string of the molecule is COc1cc(N2CCc3ncnc(N4CCN(C)CC4)c3CC2)ncn1.O=C(O)C(F)(F)F.O=C(O)C(F)(F)F.O=C(O)C(F)(F)F. The Labute approximate surface area is 259 Å². The van der Waals surface area contributed by atoms with Crippen molar-refractivity contribution in [3.8, 4) is 5.88 Å². The summed E-state index contributed by atoms with van der Waals surface area (Å²) in [4.78, 5) is 51.5. The molecule has 14 nitrogen and oxygen atoms in total. The summed E-state index contributed by atoms with van der Waals surface area (Å²) in [6.45, 7) is 5.96. The first kappa shape index (κ1) is 40.3. The Bertz CT molecular complexity index is 1280. The molecule has 0 saturated carbocycles. The molecule has 0 amide bonds. The van der Waals surface area contributed by atoms with Crippen molar-refractivity contribution in [3.05, 3.63) is 30.0 Å². The second-order valence-electron chi connectivity index (χ2n) is 9.23. The summed E-state index contributed by atoms with van der Waals surface area (Å²) in [6.07, 6.45) is -10.2. The molecule has 2 aliphatic rings. The van der Waals surface area contributed by atoms with Crippen LogP contribution in [0.3, 0.4) is 0 Å². The molecule has 0 unspecified atom stereocenters. The molecule has 4 rings (SSSR count). The quantitative estimate of drug-likeness (QED) is 0.398. The molecule has 0 aliphatic carbocycles. The maximum absolute atomic E-state index is 10.6. The van der Waals surface area contributed by atoms with Crippen LogP contribution in [0.15, 0.2) is 18.7 Å². The van der Waals surface area contributed by atoms with Gasteiger partial charge in [0.2, 0.25) is 5.88 Å². The first-order valence-electron chi connectivity index (χ1n) is 12.8. The maximum atomic E-state index is 10.6. The zero-order valence-electron chi connectivity index (χ0n) is 24.4. The van der Waals surface area contributed by atoms with Gasteiger partial charge < -0.3 is 34.8 Å². The molecule has 0 spiro atoms. The molecule has 1 saturated heterocycles. The first-order chi connectivity index (χ1) is 21.6. The summed E-state index contributed by atoms with van der Waals surface area (Å²) in [5.41, 5.74) is 2.46. The average Bonchev–Trinajstić information content (AvgIpc) is 3.20. The Balaban J connectivity index is 0.000000430. The zero-order valence-corrected chi connectivity index (χ0v) is 24.4. The largest absolute Gasteiger partial charge is 0.490 e. The van der Waals surface area contributed by atoms with Crippen LogP contribution in [0.5, 0.6) is 5.88 Å². The van der Waals surface area contributed by atoms with E-state index in [-0.39, 0.29) is 0 Å². The zero-order chi connectivity index (χ0) is 36.2. The molecule has 2 aromatic heterocycles. The van der Waals surface area contributed by atoms with Crippen molar-refractivity contribution in [2.45, 2.75) is 31.4 Å². The van der Waals surface area contributed by atoms with Crippen LogP contribution in [0.2, 0.25) is 0 Å². The van der Waals surface area contributed by atoms with Gasteiger partial charge in [0.25, 0.3) is 0 Å². The molecule has 0 atom stereocenters. The number of carboxylic acids is 3. The number of nitrogens with zero attached hydrogens (tertiary/aromatic N) is 7. The van der Waals surface area contributed by atoms with E-state index in [1.807, 2.05) is 6.07 Å². The lowest BCUT2D eigenvalue weighted by molar-refractivity contribution is -0.193. The van der Waals surface area contributed by atoms with Crippen molar-refractivity contribution in [2.75, 3.05) is 63.2 Å². The Kier molecular flexibility index (Phi) is 14.8. The van der Waals surface area contributed by atoms with E-state index in [4.69, 9.17) is 34.4 Å². The number of ether oxygens (including phenoxy) is 1. The van der Waals surface area contributed by atoms with E-state index in [1.54, 1.807) is 19.8 Å². The summed E-state index contributed by atoms with van der Waals surface area (Å²) in [5.74, 6) is -5.66. The number of halogens is 9. The average molecular weight is 698 g/mol. The number of fused-ring (bicyclic) bond motifs is 1. The highest BCUT2D eigenvalue weighted by Crippen LogP contribution is 2.26. The van der Waals surface area contributed by atoms with E-state index in [1.165, 1.54) is 5.56 Å². The van der Waals surface area contributed by atoms with Crippen LogP contribution in [0.4, 0.5) is 51.1 Å². The van der Waals surface area contributed by atoms with Crippen LogP contribution in [-0.2, 0) is 27.2 Å². The monoisotopic (exact) mass is 697 g/mol. The number of aliphatic carboxylic acids is 3. The molecule has 23 heteroatoms. The smallest absolute Gasteiger partial charge is 0.481 e. The van der Waals surface area contributed by atoms with Crippen LogP contribution in [0, 0.1) is 0 Å². The number of aromatic nitrogens is 4. The fourth-order valence-electron chi connectivity index (χ4n) is 3.64. The Morgan fingerprint density at radius 3 is 1.57 bits per heavy atom. The van der Waals surface area contributed by atoms with Crippen LogP contribution < -0.4 is 14.5 Å². The number of anilines is 2. The highest BCUT2D eigenvalue weighted by Gasteiger charge is 2.39. The normalized spacial score (nSPS) is 15.2. The van der Waals surface area contributed by atoms with Crippen LogP contribution in [0.1, 0.15) is 11.3 Å². The third kappa shape index (κ3) is 14.1. The minimum Gasteiger partial charge on any atom is -0.481 e. The molecule has 2 aliphatic heterocycles. The van der Waals surface area contributed by atoms with Crippen LogP contribution in [-0.4, -0.2) is 130 Å². The summed E-state index contributed by atoms with van der Waals surface area (Å²) in [6, 6.07) is 1.89. The van der Waals surface area contributed by atoms with E-state index in [0.717, 1.165) is 69.4 Å². The summed E-state index contributed by atoms with van der Waals surface area (Å²) >= 11 is 0. The number of carboxylic acid groups (broad SMARTS) is 3. The molecule has 1 fully saturated rings. The maximum Gasteiger partial charge on any atom is 0.490 e. The second kappa shape index (κ2) is 17.3. The van der Waals surface area contributed by atoms with E-state index < -0.39 is 36.4 Å². The van der Waals surface area contributed by atoms with Gasteiger partial charge in [0.05, 0.1) is 12.8 Å². The number of carbonyl (C=O) groups is 3. The Morgan fingerprint density at radius 1 is 0.681 bits per heavy atom. The first-order valence-corrected chi connectivity index (χ1v) is 12.8. The van der Waals surface area contributed by atoms with Gasteiger partial charge in [-0.05, 0) is 13.5 Å².